The molecule has 1 unspecified atom stereocenters. The second-order valence-electron chi connectivity index (χ2n) is 9.63. The van der Waals surface area contributed by atoms with Gasteiger partial charge in [0, 0.05) is 28.1 Å². The summed E-state index contributed by atoms with van der Waals surface area (Å²) in [5, 5.41) is 3.03. The van der Waals surface area contributed by atoms with E-state index >= 15 is 0 Å². The monoisotopic (exact) mass is 490 g/mol. The third-order valence-corrected chi connectivity index (χ3v) is 8.12. The van der Waals surface area contributed by atoms with Crippen LogP contribution in [0.15, 0.2) is 71.6 Å². The van der Waals surface area contributed by atoms with Crippen LogP contribution in [0.25, 0.3) is 0 Å². The van der Waals surface area contributed by atoms with Crippen molar-refractivity contribution in [2.75, 3.05) is 5.32 Å². The second kappa shape index (κ2) is 9.88. The normalized spacial score (nSPS) is 18.1. The first-order valence-electron chi connectivity index (χ1n) is 12.1. The minimum absolute atomic E-state index is 0.192. The van der Waals surface area contributed by atoms with Crippen molar-refractivity contribution >= 4 is 27.2 Å². The smallest absolute Gasteiger partial charge is 0.255 e. The number of anilines is 1. The lowest BCUT2D eigenvalue weighted by molar-refractivity contribution is 0.0703. The zero-order chi connectivity index (χ0) is 25.2. The summed E-state index contributed by atoms with van der Waals surface area (Å²) in [6.07, 6.45) is 2.33. The minimum atomic E-state index is -2.77. The number of hydrogen-bond donors (Lipinski definition) is 2. The van der Waals surface area contributed by atoms with Gasteiger partial charge in [-0.3, -0.25) is 4.79 Å². The first kappa shape index (κ1) is 25.0. The third kappa shape index (κ3) is 5.60. The van der Waals surface area contributed by atoms with Crippen LogP contribution in [-0.4, -0.2) is 21.6 Å². The van der Waals surface area contributed by atoms with E-state index in [0.717, 1.165) is 29.7 Å². The number of amides is 1. The van der Waals surface area contributed by atoms with E-state index in [0.29, 0.717) is 22.6 Å². The largest absolute Gasteiger partial charge is 0.487 e. The van der Waals surface area contributed by atoms with Crippen molar-refractivity contribution in [2.45, 2.75) is 63.5 Å². The second-order valence-corrected chi connectivity index (χ2v) is 11.7. The molecule has 1 amide bonds. The quantitative estimate of drug-likeness (QED) is 0.403. The lowest BCUT2D eigenvalue weighted by atomic mass is 9.89. The van der Waals surface area contributed by atoms with E-state index in [4.69, 9.17) is 4.74 Å². The Morgan fingerprint density at radius 1 is 1.06 bits per heavy atom. The summed E-state index contributed by atoms with van der Waals surface area (Å²) in [7, 11) is -2.77. The van der Waals surface area contributed by atoms with Gasteiger partial charge in [0.1, 0.15) is 11.4 Å². The lowest BCUT2D eigenvalue weighted by Gasteiger charge is -2.38. The highest BCUT2D eigenvalue weighted by molar-refractivity contribution is 7.98. The van der Waals surface area contributed by atoms with Gasteiger partial charge in [0.15, 0.2) is 0 Å². The molecule has 1 aliphatic heterocycles. The van der Waals surface area contributed by atoms with Crippen molar-refractivity contribution in [3.05, 3.63) is 89.0 Å². The average molecular weight is 491 g/mol. The number of ether oxygens (including phenoxy) is 1. The molecule has 2 atom stereocenters. The van der Waals surface area contributed by atoms with Crippen LogP contribution >= 0.6 is 0 Å². The number of fused-ring (bicyclic) bond motifs is 1. The Morgan fingerprint density at radius 2 is 1.77 bits per heavy atom. The fourth-order valence-corrected chi connectivity index (χ4v) is 5.87. The Bertz CT molecular complexity index is 1330. The van der Waals surface area contributed by atoms with Crippen LogP contribution < -0.4 is 14.8 Å². The minimum Gasteiger partial charge on any atom is -0.487 e. The molecule has 0 radical (unpaired) electrons. The molecule has 1 aliphatic rings. The first-order chi connectivity index (χ1) is 16.6. The van der Waals surface area contributed by atoms with Crippen molar-refractivity contribution < 1.29 is 13.7 Å². The highest BCUT2D eigenvalue weighted by Crippen LogP contribution is 2.40. The molecule has 3 aromatic carbocycles. The van der Waals surface area contributed by atoms with Gasteiger partial charge in [0.05, 0.1) is 15.7 Å². The van der Waals surface area contributed by atoms with Gasteiger partial charge in [-0.15, -0.1) is 0 Å². The number of para-hydroxylation sites is 1. The van der Waals surface area contributed by atoms with Gasteiger partial charge in [0.2, 0.25) is 0 Å². The highest BCUT2D eigenvalue weighted by Gasteiger charge is 2.35. The summed E-state index contributed by atoms with van der Waals surface area (Å²) in [5.41, 5.74) is 3.93. The average Bonchev–Trinajstić information content (AvgIpc) is 2.83. The molecule has 0 aliphatic carbocycles. The molecular formula is C29H34N2O3S. The molecule has 0 spiro atoms. The Kier molecular flexibility index (Phi) is 7.06. The van der Waals surface area contributed by atoms with E-state index in [1.54, 1.807) is 6.07 Å². The van der Waals surface area contributed by atoms with Gasteiger partial charge >= 0.3 is 0 Å². The lowest BCUT2D eigenvalue weighted by Crippen LogP contribution is -2.41. The van der Waals surface area contributed by atoms with Crippen LogP contribution in [0.1, 0.15) is 67.2 Å². The van der Waals surface area contributed by atoms with Gasteiger partial charge in [-0.25, -0.2) is 8.93 Å². The number of aryl methyl sites for hydroxylation is 2. The van der Waals surface area contributed by atoms with Crippen molar-refractivity contribution in [1.82, 2.24) is 4.72 Å². The molecule has 35 heavy (non-hydrogen) atoms. The molecule has 184 valence electrons. The van der Waals surface area contributed by atoms with Crippen molar-refractivity contribution in [3.8, 4) is 5.75 Å². The van der Waals surface area contributed by atoms with Gasteiger partial charge < -0.3 is 10.1 Å². The summed E-state index contributed by atoms with van der Waals surface area (Å²) in [6.45, 7) is 8.16. The Hall–Kier alpha value is -3.09. The van der Waals surface area contributed by atoms with Gasteiger partial charge in [-0.1, -0.05) is 44.2 Å². The fraction of sp³-hybridized carbons (Fsp3) is 0.310. The van der Waals surface area contributed by atoms with Crippen LogP contribution in [-0.2, 0) is 22.5 Å². The number of carbonyl (C=O) groups excluding carboxylic acids is 1. The number of benzene rings is 3. The number of carbonyl (C=O) groups is 1. The van der Waals surface area contributed by atoms with Crippen LogP contribution in [0.4, 0.5) is 5.69 Å². The zero-order valence-electron chi connectivity index (χ0n) is 20.9. The van der Waals surface area contributed by atoms with E-state index in [1.165, 1.54) is 5.56 Å². The topological polar surface area (TPSA) is 67.4 Å². The van der Waals surface area contributed by atoms with Gasteiger partial charge in [-0.05, 0) is 80.1 Å². The van der Waals surface area contributed by atoms with Crippen molar-refractivity contribution in [1.29, 1.82) is 0 Å². The Morgan fingerprint density at radius 3 is 2.46 bits per heavy atom. The summed E-state index contributed by atoms with van der Waals surface area (Å²) in [6, 6.07) is 20.7. The first-order valence-corrected chi connectivity index (χ1v) is 13.8. The molecule has 0 fully saturated rings. The molecule has 2 N–H and O–H groups in total. The van der Waals surface area contributed by atoms with Gasteiger partial charge in [0.25, 0.3) is 5.91 Å². The van der Waals surface area contributed by atoms with Crippen LogP contribution in [0.3, 0.4) is 0 Å². The maximum absolute atomic E-state index is 13.7. The maximum atomic E-state index is 13.7. The molecule has 6 heteroatoms. The Balaban J connectivity index is 1.64. The molecule has 1 heterocycles. The van der Waals surface area contributed by atoms with E-state index in [9.17, 15) is 9.00 Å². The summed E-state index contributed by atoms with van der Waals surface area (Å²) in [4.78, 5) is 13.8. The van der Waals surface area contributed by atoms with E-state index < -0.39 is 15.3 Å². The molecule has 5 nitrogen and oxygen atoms in total. The standard InChI is InChI=1S/C29H34N2O3S/c1-6-20-12-15-23(16-13-20)35(5,33)31-26-19-29(3,4)34-27-17-14-22(18-24(26)27)28(32)30-25-11-9-8-10-21(25)7-2/h8-18,26H,5-7,19H2,1-4H3,(H,30,32)(H,31,33)/t26-,35?/m0/s1. The maximum Gasteiger partial charge on any atom is 0.255 e. The predicted molar refractivity (Wildman–Crippen MR) is 145 cm³/mol. The predicted octanol–water partition coefficient (Wildman–Crippen LogP) is 5.95. The molecule has 0 bridgehead atoms. The Labute approximate surface area is 209 Å². The number of nitrogens with one attached hydrogen (secondary N) is 2. The fourth-order valence-electron chi connectivity index (χ4n) is 4.49. The zero-order valence-corrected chi connectivity index (χ0v) is 21.7. The van der Waals surface area contributed by atoms with Crippen LogP contribution in [0.5, 0.6) is 5.75 Å². The molecular weight excluding hydrogens is 456 g/mol. The van der Waals surface area contributed by atoms with Crippen molar-refractivity contribution in [3.63, 3.8) is 0 Å². The van der Waals surface area contributed by atoms with Crippen LogP contribution in [0.2, 0.25) is 0 Å². The highest BCUT2D eigenvalue weighted by atomic mass is 32.2. The molecule has 3 aromatic rings. The van der Waals surface area contributed by atoms with E-state index in [2.05, 4.69) is 29.8 Å². The van der Waals surface area contributed by atoms with E-state index in [1.807, 2.05) is 74.5 Å². The number of rotatable bonds is 7. The van der Waals surface area contributed by atoms with E-state index in [-0.39, 0.29) is 11.9 Å². The van der Waals surface area contributed by atoms with Gasteiger partial charge in [-0.2, -0.15) is 0 Å². The summed E-state index contributed by atoms with van der Waals surface area (Å²) < 4.78 is 23.2. The molecule has 4 rings (SSSR count). The molecule has 0 saturated heterocycles. The molecule has 0 aromatic heterocycles. The number of hydrogen-bond acceptors (Lipinski definition) is 3. The summed E-state index contributed by atoms with van der Waals surface area (Å²) >= 11 is 0. The SMILES string of the molecule is C=S(=O)(N[C@H]1CC(C)(C)Oc2ccc(C(=O)Nc3ccccc3CC)cc21)c1ccc(CC)cc1. The summed E-state index contributed by atoms with van der Waals surface area (Å²) in [5.74, 6) is 4.53. The molecule has 0 saturated carbocycles. The van der Waals surface area contributed by atoms with Crippen LogP contribution in [0, 0.1) is 0 Å². The third-order valence-electron chi connectivity index (χ3n) is 6.42. The van der Waals surface area contributed by atoms with Crippen molar-refractivity contribution in [2.24, 2.45) is 0 Å².